The van der Waals surface area contributed by atoms with E-state index in [9.17, 15) is 13.5 Å². The van der Waals surface area contributed by atoms with Crippen molar-refractivity contribution in [2.45, 2.75) is 11.9 Å². The van der Waals surface area contributed by atoms with Crippen molar-refractivity contribution in [1.82, 2.24) is 9.29 Å². The van der Waals surface area contributed by atoms with E-state index in [2.05, 4.69) is 4.72 Å². The summed E-state index contributed by atoms with van der Waals surface area (Å²) < 4.78 is 28.8. The van der Waals surface area contributed by atoms with Gasteiger partial charge in [-0.25, -0.2) is 13.1 Å². The molecular formula is C18H19ClN2O3S. The third-order valence-electron chi connectivity index (χ3n) is 4.05. The largest absolute Gasteiger partial charge is 0.387 e. The molecule has 25 heavy (non-hydrogen) atoms. The molecule has 132 valence electrons. The molecule has 0 bridgehead atoms. The molecule has 1 atom stereocenters. The summed E-state index contributed by atoms with van der Waals surface area (Å²) in [6.07, 6.45) is 0.897. The first-order valence-electron chi connectivity index (χ1n) is 7.79. The molecule has 2 N–H and O–H groups in total. The van der Waals surface area contributed by atoms with Crippen molar-refractivity contribution < 1.29 is 13.5 Å². The molecule has 3 aromatic rings. The van der Waals surface area contributed by atoms with Crippen LogP contribution in [0.1, 0.15) is 17.2 Å². The fourth-order valence-corrected chi connectivity index (χ4v) is 4.08. The van der Waals surface area contributed by atoms with Crippen LogP contribution in [0.25, 0.3) is 10.9 Å². The third-order valence-corrected chi connectivity index (χ3v) is 5.63. The van der Waals surface area contributed by atoms with Crippen LogP contribution in [-0.4, -0.2) is 24.6 Å². The molecule has 0 radical (unpaired) electrons. The summed E-state index contributed by atoms with van der Waals surface area (Å²) in [7, 11) is -1.66. The van der Waals surface area contributed by atoms with Crippen LogP contribution in [0, 0.1) is 0 Å². The maximum absolute atomic E-state index is 12.2. The number of sulfonamides is 1. The second kappa shape index (κ2) is 7.17. The lowest BCUT2D eigenvalue weighted by Gasteiger charge is -2.12. The lowest BCUT2D eigenvalue weighted by atomic mass is 10.1. The topological polar surface area (TPSA) is 71.3 Å². The van der Waals surface area contributed by atoms with Crippen molar-refractivity contribution >= 4 is 32.5 Å². The average Bonchev–Trinajstić information content (AvgIpc) is 2.92. The minimum Gasteiger partial charge on any atom is -0.387 e. The summed E-state index contributed by atoms with van der Waals surface area (Å²) >= 11 is 5.80. The van der Waals surface area contributed by atoms with Crippen molar-refractivity contribution in [3.8, 4) is 0 Å². The van der Waals surface area contributed by atoms with E-state index in [1.165, 1.54) is 0 Å². The number of aliphatic hydroxyl groups is 1. The molecule has 0 spiro atoms. The number of fused-ring (bicyclic) bond motifs is 1. The Morgan fingerprint density at radius 1 is 1.16 bits per heavy atom. The molecule has 0 fully saturated rings. The zero-order valence-corrected chi connectivity index (χ0v) is 15.3. The summed E-state index contributed by atoms with van der Waals surface area (Å²) in [4.78, 5) is 0. The Labute approximate surface area is 151 Å². The smallest absolute Gasteiger partial charge is 0.215 e. The van der Waals surface area contributed by atoms with Gasteiger partial charge in [-0.2, -0.15) is 0 Å². The van der Waals surface area contributed by atoms with Gasteiger partial charge in [0.15, 0.2) is 0 Å². The van der Waals surface area contributed by atoms with E-state index in [0.29, 0.717) is 16.1 Å². The minimum absolute atomic E-state index is 0.0794. The Bertz CT molecular complexity index is 981. The molecular weight excluding hydrogens is 360 g/mol. The Balaban J connectivity index is 1.70. The lowest BCUT2D eigenvalue weighted by Crippen LogP contribution is -2.29. The van der Waals surface area contributed by atoms with Gasteiger partial charge < -0.3 is 9.67 Å². The number of hydrogen-bond acceptors (Lipinski definition) is 3. The molecule has 0 aliphatic rings. The lowest BCUT2D eigenvalue weighted by molar-refractivity contribution is 0.183. The molecule has 0 saturated heterocycles. The number of nitrogens with zero attached hydrogens (tertiary/aromatic N) is 1. The van der Waals surface area contributed by atoms with E-state index in [4.69, 9.17) is 11.6 Å². The number of halogens is 1. The van der Waals surface area contributed by atoms with Gasteiger partial charge in [0, 0.05) is 41.3 Å². The van der Waals surface area contributed by atoms with E-state index in [1.807, 2.05) is 42.1 Å². The summed E-state index contributed by atoms with van der Waals surface area (Å²) in [6.45, 7) is -0.0794. The Morgan fingerprint density at radius 2 is 1.84 bits per heavy atom. The first-order valence-corrected chi connectivity index (χ1v) is 9.82. The monoisotopic (exact) mass is 378 g/mol. The van der Waals surface area contributed by atoms with Gasteiger partial charge in [-0.3, -0.25) is 0 Å². The number of aromatic nitrogens is 1. The van der Waals surface area contributed by atoms with E-state index in [1.54, 1.807) is 24.3 Å². The molecule has 0 amide bonds. The second-order valence-electron chi connectivity index (χ2n) is 5.96. The van der Waals surface area contributed by atoms with Crippen molar-refractivity contribution in [3.05, 3.63) is 70.9 Å². The fourth-order valence-electron chi connectivity index (χ4n) is 2.81. The second-order valence-corrected chi connectivity index (χ2v) is 8.21. The number of nitrogens with one attached hydrogen (secondary N) is 1. The molecule has 1 aromatic heterocycles. The fraction of sp³-hybridized carbons (Fsp3) is 0.222. The maximum Gasteiger partial charge on any atom is 0.215 e. The normalized spacial score (nSPS) is 13.2. The van der Waals surface area contributed by atoms with Crippen LogP contribution in [0.5, 0.6) is 0 Å². The number of aliphatic hydroxyl groups excluding tert-OH is 1. The van der Waals surface area contributed by atoms with Gasteiger partial charge in [-0.05, 0) is 23.8 Å². The Kier molecular flexibility index (Phi) is 5.15. The summed E-state index contributed by atoms with van der Waals surface area (Å²) in [5, 5.41) is 11.9. The van der Waals surface area contributed by atoms with Crippen LogP contribution < -0.4 is 4.72 Å². The number of benzene rings is 2. The van der Waals surface area contributed by atoms with Gasteiger partial charge in [0.2, 0.25) is 10.0 Å². The number of para-hydroxylation sites is 1. The van der Waals surface area contributed by atoms with Crippen LogP contribution in [-0.2, 0) is 22.8 Å². The highest BCUT2D eigenvalue weighted by Crippen LogP contribution is 2.25. The molecule has 5 nitrogen and oxygen atoms in total. The maximum atomic E-state index is 12.2. The molecule has 1 unspecified atom stereocenters. The summed E-state index contributed by atoms with van der Waals surface area (Å²) in [5.74, 6) is -0.160. The van der Waals surface area contributed by atoms with Crippen molar-refractivity contribution in [2.75, 3.05) is 6.54 Å². The number of hydrogen-bond donors (Lipinski definition) is 2. The zero-order chi connectivity index (χ0) is 18.0. The average molecular weight is 379 g/mol. The van der Waals surface area contributed by atoms with Gasteiger partial charge in [0.1, 0.15) is 0 Å². The Hall–Kier alpha value is -1.86. The zero-order valence-electron chi connectivity index (χ0n) is 13.7. The van der Waals surface area contributed by atoms with Gasteiger partial charge >= 0.3 is 0 Å². The van der Waals surface area contributed by atoms with E-state index >= 15 is 0 Å². The molecule has 0 saturated carbocycles. The van der Waals surface area contributed by atoms with Crippen molar-refractivity contribution in [3.63, 3.8) is 0 Å². The molecule has 3 rings (SSSR count). The van der Waals surface area contributed by atoms with Crippen molar-refractivity contribution in [2.24, 2.45) is 7.05 Å². The highest BCUT2D eigenvalue weighted by molar-refractivity contribution is 7.88. The molecule has 7 heteroatoms. The van der Waals surface area contributed by atoms with Gasteiger partial charge in [-0.1, -0.05) is 41.9 Å². The van der Waals surface area contributed by atoms with Gasteiger partial charge in [0.25, 0.3) is 0 Å². The first-order chi connectivity index (χ1) is 11.9. The van der Waals surface area contributed by atoms with Gasteiger partial charge in [-0.15, -0.1) is 0 Å². The van der Waals surface area contributed by atoms with Crippen LogP contribution in [0.15, 0.2) is 54.7 Å². The number of rotatable bonds is 6. The number of aryl methyl sites for hydroxylation is 1. The first kappa shape index (κ1) is 17.9. The van der Waals surface area contributed by atoms with Crippen LogP contribution in [0.3, 0.4) is 0 Å². The highest BCUT2D eigenvalue weighted by Gasteiger charge is 2.18. The molecule has 2 aromatic carbocycles. The standard InChI is InChI=1S/C18H19ClN2O3S/c1-21-11-16(15-4-2-3-5-17(15)21)18(22)10-20-25(23,24)12-13-6-8-14(19)9-7-13/h2-9,11,18,20,22H,10,12H2,1H3. The quantitative estimate of drug-likeness (QED) is 0.692. The van der Waals surface area contributed by atoms with Crippen molar-refractivity contribution in [1.29, 1.82) is 0 Å². The van der Waals surface area contributed by atoms with Crippen LogP contribution >= 0.6 is 11.6 Å². The summed E-state index contributed by atoms with van der Waals surface area (Å²) in [6, 6.07) is 14.3. The Morgan fingerprint density at radius 3 is 2.56 bits per heavy atom. The molecule has 1 heterocycles. The molecule has 0 aliphatic heterocycles. The predicted molar refractivity (Wildman–Crippen MR) is 100.0 cm³/mol. The van der Waals surface area contributed by atoms with E-state index in [-0.39, 0.29) is 12.3 Å². The van der Waals surface area contributed by atoms with Crippen LogP contribution in [0.2, 0.25) is 5.02 Å². The minimum atomic E-state index is -3.56. The SMILES string of the molecule is Cn1cc(C(O)CNS(=O)(=O)Cc2ccc(Cl)cc2)c2ccccc21. The highest BCUT2D eigenvalue weighted by atomic mass is 35.5. The summed E-state index contributed by atoms with van der Waals surface area (Å²) in [5.41, 5.74) is 2.32. The van der Waals surface area contributed by atoms with Crippen LogP contribution in [0.4, 0.5) is 0 Å². The van der Waals surface area contributed by atoms with Gasteiger partial charge in [0.05, 0.1) is 11.9 Å². The van der Waals surface area contributed by atoms with E-state index < -0.39 is 16.1 Å². The van der Waals surface area contributed by atoms with E-state index in [0.717, 1.165) is 10.9 Å². The molecule has 0 aliphatic carbocycles. The third kappa shape index (κ3) is 4.22. The predicted octanol–water partition coefficient (Wildman–Crippen LogP) is 2.98.